The lowest BCUT2D eigenvalue weighted by Gasteiger charge is -2.03. The van der Waals surface area contributed by atoms with E-state index in [0.717, 1.165) is 16.7 Å². The van der Waals surface area contributed by atoms with Crippen molar-refractivity contribution < 1.29 is 4.42 Å². The Labute approximate surface area is 88.5 Å². The lowest BCUT2D eigenvalue weighted by Crippen LogP contribution is -2.25. The van der Waals surface area contributed by atoms with Crippen molar-refractivity contribution in [2.75, 3.05) is 11.9 Å². The molecule has 0 aliphatic rings. The fourth-order valence-corrected chi connectivity index (χ4v) is 1.41. The molecule has 0 radical (unpaired) electrons. The second-order valence-electron chi connectivity index (χ2n) is 3.80. The van der Waals surface area contributed by atoms with E-state index in [1.807, 2.05) is 32.0 Å². The van der Waals surface area contributed by atoms with Gasteiger partial charge in [-0.15, -0.1) is 0 Å². The number of rotatable bonds is 3. The number of aromatic nitrogens is 1. The van der Waals surface area contributed by atoms with Gasteiger partial charge in [-0.3, -0.25) is 0 Å². The number of nitrogens with two attached hydrogens (primary N) is 1. The third-order valence-electron chi connectivity index (χ3n) is 2.19. The molecule has 0 bridgehead atoms. The van der Waals surface area contributed by atoms with Gasteiger partial charge in [0.15, 0.2) is 5.58 Å². The first-order valence-electron chi connectivity index (χ1n) is 5.02. The Morgan fingerprint density at radius 3 is 3.00 bits per heavy atom. The summed E-state index contributed by atoms with van der Waals surface area (Å²) in [5, 5.41) is 3.06. The minimum Gasteiger partial charge on any atom is -0.423 e. The van der Waals surface area contributed by atoms with Gasteiger partial charge >= 0.3 is 0 Å². The summed E-state index contributed by atoms with van der Waals surface area (Å²) in [6.45, 7) is 4.59. The van der Waals surface area contributed by atoms with Gasteiger partial charge in [-0.25, -0.2) is 0 Å². The standard InChI is InChI=1S/C11H15N3O/c1-7-4-3-5-9-10(7)15-11(14-9)13-6-8(2)12/h3-5,8H,6,12H2,1-2H3,(H,13,14). The molecule has 0 spiro atoms. The van der Waals surface area contributed by atoms with Crippen molar-refractivity contribution in [3.63, 3.8) is 0 Å². The van der Waals surface area contributed by atoms with E-state index in [0.29, 0.717) is 12.6 Å². The predicted octanol–water partition coefficient (Wildman–Crippen LogP) is 1.90. The Morgan fingerprint density at radius 1 is 1.53 bits per heavy atom. The van der Waals surface area contributed by atoms with E-state index in [4.69, 9.17) is 10.2 Å². The highest BCUT2D eigenvalue weighted by Gasteiger charge is 2.06. The van der Waals surface area contributed by atoms with Gasteiger partial charge in [0, 0.05) is 12.6 Å². The Hall–Kier alpha value is -1.55. The maximum Gasteiger partial charge on any atom is 0.295 e. The second-order valence-corrected chi connectivity index (χ2v) is 3.80. The monoisotopic (exact) mass is 205 g/mol. The number of hydrogen-bond acceptors (Lipinski definition) is 4. The summed E-state index contributed by atoms with van der Waals surface area (Å²) in [7, 11) is 0. The Balaban J connectivity index is 2.27. The van der Waals surface area contributed by atoms with E-state index < -0.39 is 0 Å². The van der Waals surface area contributed by atoms with Crippen LogP contribution in [0.15, 0.2) is 22.6 Å². The fourth-order valence-electron chi connectivity index (χ4n) is 1.41. The largest absolute Gasteiger partial charge is 0.423 e. The van der Waals surface area contributed by atoms with E-state index in [1.54, 1.807) is 0 Å². The van der Waals surface area contributed by atoms with Crippen molar-refractivity contribution in [1.82, 2.24) is 4.98 Å². The summed E-state index contributed by atoms with van der Waals surface area (Å²) >= 11 is 0. The van der Waals surface area contributed by atoms with Crippen molar-refractivity contribution in [3.8, 4) is 0 Å². The molecule has 3 N–H and O–H groups in total. The second kappa shape index (κ2) is 3.90. The van der Waals surface area contributed by atoms with Crippen LogP contribution in [0.3, 0.4) is 0 Å². The zero-order valence-corrected chi connectivity index (χ0v) is 8.95. The highest BCUT2D eigenvalue weighted by Crippen LogP contribution is 2.21. The molecule has 1 aromatic heterocycles. The highest BCUT2D eigenvalue weighted by atomic mass is 16.4. The third-order valence-corrected chi connectivity index (χ3v) is 2.19. The molecular formula is C11H15N3O. The molecule has 1 atom stereocenters. The molecule has 1 aromatic carbocycles. The van der Waals surface area contributed by atoms with Gasteiger partial charge in [0.25, 0.3) is 6.01 Å². The van der Waals surface area contributed by atoms with Gasteiger partial charge in [-0.2, -0.15) is 4.98 Å². The zero-order valence-electron chi connectivity index (χ0n) is 8.95. The van der Waals surface area contributed by atoms with Gasteiger partial charge in [-0.05, 0) is 25.5 Å². The average molecular weight is 205 g/mol. The van der Waals surface area contributed by atoms with E-state index in [-0.39, 0.29) is 6.04 Å². The van der Waals surface area contributed by atoms with Gasteiger partial charge in [-0.1, -0.05) is 12.1 Å². The summed E-state index contributed by atoms with van der Waals surface area (Å²) in [4.78, 5) is 4.31. The van der Waals surface area contributed by atoms with E-state index in [1.165, 1.54) is 0 Å². The number of benzene rings is 1. The number of fused-ring (bicyclic) bond motifs is 1. The van der Waals surface area contributed by atoms with Crippen molar-refractivity contribution in [2.24, 2.45) is 5.73 Å². The van der Waals surface area contributed by atoms with Crippen LogP contribution < -0.4 is 11.1 Å². The molecular weight excluding hydrogens is 190 g/mol. The fraction of sp³-hybridized carbons (Fsp3) is 0.364. The SMILES string of the molecule is Cc1cccc2nc(NCC(C)N)oc12. The minimum absolute atomic E-state index is 0.0844. The predicted molar refractivity (Wildman–Crippen MR) is 60.9 cm³/mol. The van der Waals surface area contributed by atoms with E-state index in [2.05, 4.69) is 10.3 Å². The molecule has 80 valence electrons. The number of hydrogen-bond donors (Lipinski definition) is 2. The van der Waals surface area contributed by atoms with Crippen LogP contribution in [0.5, 0.6) is 0 Å². The topological polar surface area (TPSA) is 64.1 Å². The summed E-state index contributed by atoms with van der Waals surface area (Å²) in [5.41, 5.74) is 8.44. The minimum atomic E-state index is 0.0844. The van der Waals surface area contributed by atoms with Crippen LogP contribution in [-0.4, -0.2) is 17.6 Å². The summed E-state index contributed by atoms with van der Waals surface area (Å²) in [6, 6.07) is 6.53. The first kappa shape index (κ1) is 9.98. The van der Waals surface area contributed by atoms with Gasteiger partial charge < -0.3 is 15.5 Å². The molecule has 0 saturated heterocycles. The van der Waals surface area contributed by atoms with Crippen LogP contribution in [0.1, 0.15) is 12.5 Å². The Bertz CT molecular complexity index is 462. The average Bonchev–Trinajstić information content (AvgIpc) is 2.59. The van der Waals surface area contributed by atoms with Crippen LogP contribution in [0.4, 0.5) is 6.01 Å². The summed E-state index contributed by atoms with van der Waals surface area (Å²) in [5.74, 6) is 0. The first-order chi connectivity index (χ1) is 7.16. The molecule has 0 fully saturated rings. The van der Waals surface area contributed by atoms with Crippen molar-refractivity contribution in [3.05, 3.63) is 23.8 Å². The Kier molecular flexibility index (Phi) is 2.60. The van der Waals surface area contributed by atoms with Crippen LogP contribution >= 0.6 is 0 Å². The van der Waals surface area contributed by atoms with Crippen molar-refractivity contribution in [2.45, 2.75) is 19.9 Å². The smallest absolute Gasteiger partial charge is 0.295 e. The van der Waals surface area contributed by atoms with Crippen LogP contribution in [-0.2, 0) is 0 Å². The van der Waals surface area contributed by atoms with Gasteiger partial charge in [0.1, 0.15) is 5.52 Å². The first-order valence-corrected chi connectivity index (χ1v) is 5.02. The normalized spacial score (nSPS) is 13.0. The van der Waals surface area contributed by atoms with Gasteiger partial charge in [0.2, 0.25) is 0 Å². The molecule has 0 saturated carbocycles. The van der Waals surface area contributed by atoms with Crippen LogP contribution in [0.2, 0.25) is 0 Å². The van der Waals surface area contributed by atoms with Gasteiger partial charge in [0.05, 0.1) is 0 Å². The number of nitrogens with zero attached hydrogens (tertiary/aromatic N) is 1. The molecule has 2 rings (SSSR count). The maximum absolute atomic E-state index is 5.63. The van der Waals surface area contributed by atoms with E-state index in [9.17, 15) is 0 Å². The molecule has 4 heteroatoms. The quantitative estimate of drug-likeness (QED) is 0.803. The lowest BCUT2D eigenvalue weighted by molar-refractivity contribution is 0.605. The summed E-state index contributed by atoms with van der Waals surface area (Å²) < 4.78 is 5.57. The molecule has 1 heterocycles. The van der Waals surface area contributed by atoms with E-state index >= 15 is 0 Å². The lowest BCUT2D eigenvalue weighted by atomic mass is 10.2. The molecule has 1 unspecified atom stereocenters. The Morgan fingerprint density at radius 2 is 2.33 bits per heavy atom. The number of aryl methyl sites for hydroxylation is 1. The molecule has 2 aromatic rings. The number of anilines is 1. The number of para-hydroxylation sites is 1. The summed E-state index contributed by atoms with van der Waals surface area (Å²) in [6.07, 6.45) is 0. The third kappa shape index (κ3) is 2.10. The molecule has 15 heavy (non-hydrogen) atoms. The molecule has 0 aliphatic carbocycles. The molecule has 0 aliphatic heterocycles. The molecule has 4 nitrogen and oxygen atoms in total. The van der Waals surface area contributed by atoms with Crippen molar-refractivity contribution >= 4 is 17.1 Å². The van der Waals surface area contributed by atoms with Crippen LogP contribution in [0, 0.1) is 6.92 Å². The number of oxazole rings is 1. The van der Waals surface area contributed by atoms with Crippen molar-refractivity contribution in [1.29, 1.82) is 0 Å². The molecule has 0 amide bonds. The maximum atomic E-state index is 5.63. The van der Waals surface area contributed by atoms with Crippen LogP contribution in [0.25, 0.3) is 11.1 Å². The zero-order chi connectivity index (χ0) is 10.8. The highest BCUT2D eigenvalue weighted by molar-refractivity contribution is 5.77. The number of nitrogens with one attached hydrogen (secondary N) is 1.